The van der Waals surface area contributed by atoms with Crippen LogP contribution in [0.3, 0.4) is 0 Å². The summed E-state index contributed by atoms with van der Waals surface area (Å²) >= 11 is 0. The third-order valence-corrected chi connectivity index (χ3v) is 6.29. The summed E-state index contributed by atoms with van der Waals surface area (Å²) in [7, 11) is 0. The number of piperazine rings is 1. The number of carbonyl (C=O) groups is 2. The average Bonchev–Trinajstić information content (AvgIpc) is 2.75. The van der Waals surface area contributed by atoms with E-state index < -0.39 is 41.5 Å². The normalized spacial score (nSPS) is 23.0. The Hall–Kier alpha value is -3.38. The zero-order chi connectivity index (χ0) is 24.0. The van der Waals surface area contributed by atoms with Gasteiger partial charge in [-0.3, -0.25) is 14.5 Å². The number of alkyl halides is 3. The van der Waals surface area contributed by atoms with Crippen LogP contribution < -0.4 is 4.90 Å². The van der Waals surface area contributed by atoms with E-state index in [-0.39, 0.29) is 43.2 Å². The predicted octanol–water partition coefficient (Wildman–Crippen LogP) is 3.34. The van der Waals surface area contributed by atoms with Crippen LogP contribution in [0, 0.1) is 24.1 Å². The predicted molar refractivity (Wildman–Crippen MR) is 111 cm³/mol. The van der Waals surface area contributed by atoms with Crippen LogP contribution in [0.15, 0.2) is 42.5 Å². The second-order valence-corrected chi connectivity index (χ2v) is 8.36. The topological polar surface area (TPSA) is 60.9 Å². The van der Waals surface area contributed by atoms with E-state index in [2.05, 4.69) is 5.92 Å². The van der Waals surface area contributed by atoms with E-state index in [1.54, 1.807) is 0 Å². The van der Waals surface area contributed by atoms with Gasteiger partial charge in [-0.1, -0.05) is 18.1 Å². The summed E-state index contributed by atoms with van der Waals surface area (Å²) in [5.41, 5.74) is -1.48. The largest absolute Gasteiger partial charge is 0.416 e. The first-order chi connectivity index (χ1) is 15.6. The molecule has 1 N–H and O–H groups in total. The fourth-order valence-electron chi connectivity index (χ4n) is 4.55. The number of aliphatic hydroxyl groups excluding tert-OH is 1. The van der Waals surface area contributed by atoms with E-state index in [1.807, 2.05) is 0 Å². The summed E-state index contributed by atoms with van der Waals surface area (Å²) in [6.07, 6.45) is 1.15. The Morgan fingerprint density at radius 2 is 1.79 bits per heavy atom. The maximum Gasteiger partial charge on any atom is 0.416 e. The number of terminal acetylenes is 1. The van der Waals surface area contributed by atoms with Crippen LogP contribution in [0.25, 0.3) is 0 Å². The molecule has 0 aromatic heterocycles. The molecule has 0 bridgehead atoms. The fraction of sp³-hybridized carbons (Fsp3) is 0.333. The number of benzene rings is 2. The van der Waals surface area contributed by atoms with Crippen molar-refractivity contribution in [3.05, 3.63) is 65.0 Å². The first kappa shape index (κ1) is 22.8. The van der Waals surface area contributed by atoms with Gasteiger partial charge in [0.1, 0.15) is 17.9 Å². The van der Waals surface area contributed by atoms with Crippen molar-refractivity contribution in [2.45, 2.75) is 31.1 Å². The van der Waals surface area contributed by atoms with Crippen molar-refractivity contribution >= 4 is 17.5 Å². The van der Waals surface area contributed by atoms with Crippen LogP contribution in [0.2, 0.25) is 0 Å². The minimum absolute atomic E-state index is 0.0756. The molecule has 9 heteroatoms. The van der Waals surface area contributed by atoms with Gasteiger partial charge in [-0.15, -0.1) is 6.42 Å². The van der Waals surface area contributed by atoms with Crippen molar-refractivity contribution in [2.75, 3.05) is 18.1 Å². The van der Waals surface area contributed by atoms with Crippen molar-refractivity contribution in [1.29, 1.82) is 0 Å². The number of hydrogen-bond donors (Lipinski definition) is 1. The molecule has 1 heterocycles. The molecule has 2 aromatic carbocycles. The van der Waals surface area contributed by atoms with E-state index in [0.29, 0.717) is 5.56 Å². The Kier molecular flexibility index (Phi) is 5.66. The molecular formula is C24H20F4N2O3. The summed E-state index contributed by atoms with van der Waals surface area (Å²) in [5, 5.41) is 9.51. The molecule has 1 aliphatic heterocycles. The molecule has 1 spiro atoms. The maximum atomic E-state index is 14.7. The highest BCUT2D eigenvalue weighted by molar-refractivity contribution is 6.09. The third-order valence-electron chi connectivity index (χ3n) is 6.29. The van der Waals surface area contributed by atoms with Gasteiger partial charge in [0.2, 0.25) is 5.91 Å². The van der Waals surface area contributed by atoms with Crippen molar-refractivity contribution in [2.24, 2.45) is 5.92 Å². The number of halogens is 4. The number of aliphatic hydroxyl groups is 1. The van der Waals surface area contributed by atoms with E-state index in [4.69, 9.17) is 6.42 Å². The highest BCUT2D eigenvalue weighted by atomic mass is 19.4. The smallest absolute Gasteiger partial charge is 0.396 e. The lowest BCUT2D eigenvalue weighted by Crippen LogP contribution is -2.73. The van der Waals surface area contributed by atoms with Crippen LogP contribution >= 0.6 is 0 Å². The fourth-order valence-corrected chi connectivity index (χ4v) is 4.55. The van der Waals surface area contributed by atoms with Gasteiger partial charge in [0.15, 0.2) is 0 Å². The Morgan fingerprint density at radius 1 is 1.12 bits per heavy atom. The van der Waals surface area contributed by atoms with Crippen molar-refractivity contribution in [3.8, 4) is 12.3 Å². The minimum Gasteiger partial charge on any atom is -0.396 e. The average molecular weight is 460 g/mol. The number of carbonyl (C=O) groups excluding carboxylic acids is 2. The van der Waals surface area contributed by atoms with Crippen LogP contribution in [0.4, 0.5) is 23.2 Å². The molecule has 2 fully saturated rings. The molecule has 1 saturated heterocycles. The third kappa shape index (κ3) is 3.95. The molecular weight excluding hydrogens is 440 g/mol. The van der Waals surface area contributed by atoms with Crippen molar-refractivity contribution < 1.29 is 32.3 Å². The summed E-state index contributed by atoms with van der Waals surface area (Å²) in [5.74, 6) is 0.383. The highest BCUT2D eigenvalue weighted by Crippen LogP contribution is 2.47. The Bertz CT molecular complexity index is 1130. The molecule has 4 rings (SSSR count). The second-order valence-electron chi connectivity index (χ2n) is 8.36. The van der Waals surface area contributed by atoms with Crippen molar-refractivity contribution in [1.82, 2.24) is 4.90 Å². The number of hydrogen-bond acceptors (Lipinski definition) is 3. The van der Waals surface area contributed by atoms with Crippen LogP contribution in [0.1, 0.15) is 29.5 Å². The molecule has 172 valence electrons. The summed E-state index contributed by atoms with van der Waals surface area (Å²) in [4.78, 5) is 29.1. The van der Waals surface area contributed by atoms with Crippen LogP contribution in [-0.2, 0) is 22.3 Å². The van der Waals surface area contributed by atoms with Crippen LogP contribution in [0.5, 0.6) is 0 Å². The highest BCUT2D eigenvalue weighted by Gasteiger charge is 2.59. The first-order valence-electron chi connectivity index (χ1n) is 10.2. The summed E-state index contributed by atoms with van der Waals surface area (Å²) < 4.78 is 53.3. The quantitative estimate of drug-likeness (QED) is 0.563. The van der Waals surface area contributed by atoms with Gasteiger partial charge in [0.25, 0.3) is 5.91 Å². The summed E-state index contributed by atoms with van der Waals surface area (Å²) in [6, 6.07) is 8.29. The molecule has 0 atom stereocenters. The second kappa shape index (κ2) is 8.19. The zero-order valence-electron chi connectivity index (χ0n) is 17.4. The Morgan fingerprint density at radius 3 is 2.33 bits per heavy atom. The Labute approximate surface area is 187 Å². The van der Waals surface area contributed by atoms with E-state index in [1.165, 1.54) is 29.2 Å². The van der Waals surface area contributed by atoms with Gasteiger partial charge >= 0.3 is 6.18 Å². The maximum absolute atomic E-state index is 14.7. The van der Waals surface area contributed by atoms with Crippen molar-refractivity contribution in [3.63, 3.8) is 0 Å². The number of nitrogens with zero attached hydrogens (tertiary/aromatic N) is 2. The van der Waals surface area contributed by atoms with Gasteiger partial charge in [0.05, 0.1) is 11.3 Å². The monoisotopic (exact) mass is 460 g/mol. The standard InChI is InChI=1S/C24H20F4N2O3/c1-2-15-5-8-20(19(25)9-15)29-13-21(32)30(23(22(29)33)10-17(11-23)14-31)12-16-3-6-18(7-4-16)24(26,27)28/h1,3-9,17,31H,10-14H2. The van der Waals surface area contributed by atoms with Gasteiger partial charge in [0, 0.05) is 18.7 Å². The lowest BCUT2D eigenvalue weighted by molar-refractivity contribution is -0.163. The van der Waals surface area contributed by atoms with Gasteiger partial charge < -0.3 is 10.0 Å². The van der Waals surface area contributed by atoms with Gasteiger partial charge in [-0.2, -0.15) is 13.2 Å². The lowest BCUT2D eigenvalue weighted by Gasteiger charge is -2.56. The molecule has 2 aromatic rings. The zero-order valence-corrected chi connectivity index (χ0v) is 17.4. The van der Waals surface area contributed by atoms with E-state index in [9.17, 15) is 32.3 Å². The molecule has 0 unspecified atom stereocenters. The molecule has 0 radical (unpaired) electrons. The SMILES string of the molecule is C#Cc1ccc(N2CC(=O)N(Cc3ccc(C(F)(F)F)cc3)C3(CC(CO)C3)C2=O)c(F)c1. The lowest BCUT2D eigenvalue weighted by atomic mass is 9.65. The molecule has 1 saturated carbocycles. The minimum atomic E-state index is -4.49. The number of amides is 2. The Balaban J connectivity index is 1.65. The molecule has 1 aliphatic carbocycles. The molecule has 2 amide bonds. The summed E-state index contributed by atoms with van der Waals surface area (Å²) in [6.45, 7) is -0.674. The number of anilines is 1. The number of rotatable bonds is 4. The van der Waals surface area contributed by atoms with Gasteiger partial charge in [-0.25, -0.2) is 4.39 Å². The molecule has 33 heavy (non-hydrogen) atoms. The van der Waals surface area contributed by atoms with Gasteiger partial charge in [-0.05, 0) is 54.7 Å². The molecule has 2 aliphatic rings. The first-order valence-corrected chi connectivity index (χ1v) is 10.2. The van der Waals surface area contributed by atoms with Crippen LogP contribution in [-0.4, -0.2) is 40.5 Å². The molecule has 5 nitrogen and oxygen atoms in total. The van der Waals surface area contributed by atoms with E-state index in [0.717, 1.165) is 23.1 Å². The van der Waals surface area contributed by atoms with E-state index >= 15 is 0 Å².